The number of amides is 1. The molecule has 0 radical (unpaired) electrons. The standard InChI is InChI=1S/C12H18N2O3/c1-8-7-10(13)3-4-11(8)14-12(16)9(2)17-6-5-15/h3-4,7,9,15H,5-6,13H2,1-2H3,(H,14,16). The summed E-state index contributed by atoms with van der Waals surface area (Å²) in [4.78, 5) is 11.7. The first-order valence-electron chi connectivity index (χ1n) is 5.44. The summed E-state index contributed by atoms with van der Waals surface area (Å²) in [6, 6.07) is 5.26. The molecule has 1 rings (SSSR count). The van der Waals surface area contributed by atoms with E-state index in [-0.39, 0.29) is 19.1 Å². The van der Waals surface area contributed by atoms with Crippen LogP contribution in [0.4, 0.5) is 11.4 Å². The molecular weight excluding hydrogens is 220 g/mol. The van der Waals surface area contributed by atoms with Crippen molar-refractivity contribution in [2.45, 2.75) is 20.0 Å². The number of nitrogens with one attached hydrogen (secondary N) is 1. The lowest BCUT2D eigenvalue weighted by Gasteiger charge is -2.14. The smallest absolute Gasteiger partial charge is 0.253 e. The van der Waals surface area contributed by atoms with Gasteiger partial charge >= 0.3 is 0 Å². The maximum absolute atomic E-state index is 11.7. The van der Waals surface area contributed by atoms with Crippen LogP contribution in [0.1, 0.15) is 12.5 Å². The van der Waals surface area contributed by atoms with Gasteiger partial charge < -0.3 is 20.9 Å². The molecule has 0 aromatic heterocycles. The fourth-order valence-electron chi connectivity index (χ4n) is 1.37. The van der Waals surface area contributed by atoms with Crippen LogP contribution < -0.4 is 11.1 Å². The highest BCUT2D eigenvalue weighted by Crippen LogP contribution is 2.17. The van der Waals surface area contributed by atoms with E-state index in [4.69, 9.17) is 15.6 Å². The Hall–Kier alpha value is -1.59. The van der Waals surface area contributed by atoms with E-state index in [2.05, 4.69) is 5.32 Å². The number of aliphatic hydroxyl groups excluding tert-OH is 1. The van der Waals surface area contributed by atoms with Crippen molar-refractivity contribution in [2.24, 2.45) is 0 Å². The molecule has 0 saturated carbocycles. The minimum absolute atomic E-state index is 0.0987. The zero-order valence-electron chi connectivity index (χ0n) is 10.1. The number of hydrogen-bond donors (Lipinski definition) is 3. The number of benzene rings is 1. The largest absolute Gasteiger partial charge is 0.399 e. The number of ether oxygens (including phenoxy) is 1. The van der Waals surface area contributed by atoms with Crippen molar-refractivity contribution in [2.75, 3.05) is 24.3 Å². The Morgan fingerprint density at radius 3 is 2.88 bits per heavy atom. The van der Waals surface area contributed by atoms with Gasteiger partial charge in [-0.1, -0.05) is 0 Å². The maximum atomic E-state index is 11.7. The Labute approximate surface area is 101 Å². The number of anilines is 2. The summed E-state index contributed by atoms with van der Waals surface area (Å²) in [5.74, 6) is -0.244. The van der Waals surface area contributed by atoms with E-state index in [1.54, 1.807) is 25.1 Å². The molecule has 94 valence electrons. The van der Waals surface area contributed by atoms with Crippen LogP contribution in [0.3, 0.4) is 0 Å². The maximum Gasteiger partial charge on any atom is 0.253 e. The van der Waals surface area contributed by atoms with Gasteiger partial charge in [-0.05, 0) is 37.6 Å². The zero-order chi connectivity index (χ0) is 12.8. The second-order valence-electron chi connectivity index (χ2n) is 3.80. The topological polar surface area (TPSA) is 84.6 Å². The summed E-state index contributed by atoms with van der Waals surface area (Å²) < 4.78 is 5.10. The Bertz CT molecular complexity index is 393. The van der Waals surface area contributed by atoms with E-state index in [1.807, 2.05) is 6.92 Å². The average Bonchev–Trinajstić information content (AvgIpc) is 2.29. The summed E-state index contributed by atoms with van der Waals surface area (Å²) >= 11 is 0. The zero-order valence-corrected chi connectivity index (χ0v) is 10.1. The van der Waals surface area contributed by atoms with Crippen LogP contribution in [0, 0.1) is 6.92 Å². The van der Waals surface area contributed by atoms with Crippen LogP contribution in [-0.4, -0.2) is 30.3 Å². The van der Waals surface area contributed by atoms with Crippen LogP contribution in [0.15, 0.2) is 18.2 Å². The molecule has 0 bridgehead atoms. The van der Waals surface area contributed by atoms with Crippen molar-refractivity contribution in [3.05, 3.63) is 23.8 Å². The number of nitrogen functional groups attached to an aromatic ring is 1. The van der Waals surface area contributed by atoms with Crippen LogP contribution in [-0.2, 0) is 9.53 Å². The van der Waals surface area contributed by atoms with Crippen molar-refractivity contribution in [3.8, 4) is 0 Å². The van der Waals surface area contributed by atoms with Crippen molar-refractivity contribution >= 4 is 17.3 Å². The van der Waals surface area contributed by atoms with Crippen molar-refractivity contribution in [1.82, 2.24) is 0 Å². The van der Waals surface area contributed by atoms with E-state index in [1.165, 1.54) is 0 Å². The highest BCUT2D eigenvalue weighted by atomic mass is 16.5. The summed E-state index contributed by atoms with van der Waals surface area (Å²) in [7, 11) is 0. The van der Waals surface area contributed by atoms with Crippen molar-refractivity contribution in [1.29, 1.82) is 0 Å². The number of carbonyl (C=O) groups excluding carboxylic acids is 1. The Morgan fingerprint density at radius 1 is 1.59 bits per heavy atom. The molecule has 0 aliphatic heterocycles. The summed E-state index contributed by atoms with van der Waals surface area (Å²) in [5.41, 5.74) is 7.88. The van der Waals surface area contributed by atoms with Gasteiger partial charge in [0.1, 0.15) is 6.10 Å². The Balaban J connectivity index is 2.61. The normalized spacial score (nSPS) is 12.2. The number of nitrogens with two attached hydrogens (primary N) is 1. The third-order valence-electron chi connectivity index (χ3n) is 2.34. The van der Waals surface area contributed by atoms with Crippen LogP contribution in [0.25, 0.3) is 0 Å². The van der Waals surface area contributed by atoms with Gasteiger partial charge in [0.15, 0.2) is 0 Å². The fourth-order valence-corrected chi connectivity index (χ4v) is 1.37. The molecule has 0 heterocycles. The SMILES string of the molecule is Cc1cc(N)ccc1NC(=O)C(C)OCCO. The molecule has 1 atom stereocenters. The Morgan fingerprint density at radius 2 is 2.29 bits per heavy atom. The molecule has 1 amide bonds. The third-order valence-corrected chi connectivity index (χ3v) is 2.34. The number of aliphatic hydroxyl groups is 1. The molecule has 0 aliphatic carbocycles. The predicted octanol–water partition coefficient (Wildman–Crippen LogP) is 0.913. The van der Waals surface area contributed by atoms with Crippen LogP contribution >= 0.6 is 0 Å². The molecule has 17 heavy (non-hydrogen) atoms. The van der Waals surface area contributed by atoms with Gasteiger partial charge in [-0.25, -0.2) is 0 Å². The highest BCUT2D eigenvalue weighted by Gasteiger charge is 2.13. The molecule has 4 N–H and O–H groups in total. The molecule has 0 saturated heterocycles. The second kappa shape index (κ2) is 6.22. The highest BCUT2D eigenvalue weighted by molar-refractivity contribution is 5.94. The first kappa shape index (κ1) is 13.5. The van der Waals surface area contributed by atoms with Gasteiger partial charge in [0.25, 0.3) is 5.91 Å². The fraction of sp³-hybridized carbons (Fsp3) is 0.417. The first-order chi connectivity index (χ1) is 8.04. The average molecular weight is 238 g/mol. The third kappa shape index (κ3) is 4.05. The number of carbonyl (C=O) groups is 1. The second-order valence-corrected chi connectivity index (χ2v) is 3.80. The molecule has 0 fully saturated rings. The molecule has 1 aromatic carbocycles. The van der Waals surface area contributed by atoms with Gasteiger partial charge in [-0.15, -0.1) is 0 Å². The summed E-state index contributed by atoms with van der Waals surface area (Å²) in [6.45, 7) is 3.55. The molecule has 0 spiro atoms. The monoisotopic (exact) mass is 238 g/mol. The molecule has 1 unspecified atom stereocenters. The van der Waals surface area contributed by atoms with Gasteiger partial charge in [-0.2, -0.15) is 0 Å². The summed E-state index contributed by atoms with van der Waals surface area (Å²) in [6.07, 6.45) is -0.598. The number of hydrogen-bond acceptors (Lipinski definition) is 4. The lowest BCUT2D eigenvalue weighted by molar-refractivity contribution is -0.126. The van der Waals surface area contributed by atoms with Crippen molar-refractivity contribution in [3.63, 3.8) is 0 Å². The molecular formula is C12H18N2O3. The molecule has 5 nitrogen and oxygen atoms in total. The van der Waals surface area contributed by atoms with E-state index in [0.717, 1.165) is 5.56 Å². The minimum Gasteiger partial charge on any atom is -0.399 e. The number of aryl methyl sites for hydroxylation is 1. The first-order valence-corrected chi connectivity index (χ1v) is 5.44. The number of rotatable bonds is 5. The van der Waals surface area contributed by atoms with E-state index < -0.39 is 6.10 Å². The van der Waals surface area contributed by atoms with E-state index in [0.29, 0.717) is 11.4 Å². The predicted molar refractivity (Wildman–Crippen MR) is 66.7 cm³/mol. The van der Waals surface area contributed by atoms with Crippen molar-refractivity contribution < 1.29 is 14.6 Å². The molecule has 0 aliphatic rings. The lowest BCUT2D eigenvalue weighted by atomic mass is 10.1. The van der Waals surface area contributed by atoms with E-state index in [9.17, 15) is 4.79 Å². The van der Waals surface area contributed by atoms with Gasteiger partial charge in [0.05, 0.1) is 13.2 Å². The van der Waals surface area contributed by atoms with E-state index >= 15 is 0 Å². The molecule has 1 aromatic rings. The van der Waals surface area contributed by atoms with Gasteiger partial charge in [-0.3, -0.25) is 4.79 Å². The van der Waals surface area contributed by atoms with Gasteiger partial charge in [0.2, 0.25) is 0 Å². The summed E-state index contributed by atoms with van der Waals surface area (Å²) in [5, 5.41) is 11.3. The minimum atomic E-state index is -0.598. The van der Waals surface area contributed by atoms with Gasteiger partial charge in [0, 0.05) is 11.4 Å². The quantitative estimate of drug-likeness (QED) is 0.666. The Kier molecular flexibility index (Phi) is 4.93. The van der Waals surface area contributed by atoms with Crippen LogP contribution in [0.5, 0.6) is 0 Å². The van der Waals surface area contributed by atoms with Crippen LogP contribution in [0.2, 0.25) is 0 Å². The molecule has 5 heteroatoms. The lowest BCUT2D eigenvalue weighted by Crippen LogP contribution is -2.28.